The van der Waals surface area contributed by atoms with E-state index in [1.165, 1.54) is 38.1 Å². The van der Waals surface area contributed by atoms with Gasteiger partial charge in [-0.1, -0.05) is 29.8 Å². The van der Waals surface area contributed by atoms with Gasteiger partial charge in [0.1, 0.15) is 17.3 Å². The van der Waals surface area contributed by atoms with Gasteiger partial charge in [-0.15, -0.1) is 11.8 Å². The van der Waals surface area contributed by atoms with Gasteiger partial charge < -0.3 is 20.1 Å². The number of benzene rings is 3. The molecule has 6 nitrogen and oxygen atoms in total. The number of carbonyl (C=O) groups is 2. The molecular formula is C23H20ClFN2O4S. The van der Waals surface area contributed by atoms with Crippen LogP contribution < -0.4 is 20.1 Å². The summed E-state index contributed by atoms with van der Waals surface area (Å²) in [5, 5.41) is 5.54. The number of methoxy groups -OCH3 is 2. The molecule has 0 bridgehead atoms. The first-order valence-corrected chi connectivity index (χ1v) is 10.8. The molecule has 3 rings (SSSR count). The SMILES string of the molecule is COc1cc(NC(=O)c2ccccc2)c(OC)cc1NC(=O)CSc1ccc(F)c(Cl)c1. The number of carbonyl (C=O) groups excluding carboxylic acids is 2. The van der Waals surface area contributed by atoms with Gasteiger partial charge in [0.05, 0.1) is 36.4 Å². The minimum Gasteiger partial charge on any atom is -0.494 e. The van der Waals surface area contributed by atoms with Gasteiger partial charge in [0.25, 0.3) is 5.91 Å². The van der Waals surface area contributed by atoms with Crippen LogP contribution in [0.3, 0.4) is 0 Å². The van der Waals surface area contributed by atoms with E-state index >= 15 is 0 Å². The van der Waals surface area contributed by atoms with Crippen LogP contribution in [0.1, 0.15) is 10.4 Å². The Bertz CT molecular complexity index is 1130. The van der Waals surface area contributed by atoms with E-state index < -0.39 is 5.82 Å². The van der Waals surface area contributed by atoms with Crippen molar-refractivity contribution in [3.05, 3.63) is 77.1 Å². The van der Waals surface area contributed by atoms with E-state index in [1.807, 2.05) is 6.07 Å². The Morgan fingerprint density at radius 1 is 0.938 bits per heavy atom. The van der Waals surface area contributed by atoms with Gasteiger partial charge >= 0.3 is 0 Å². The smallest absolute Gasteiger partial charge is 0.255 e. The lowest BCUT2D eigenvalue weighted by Crippen LogP contribution is -2.16. The first-order chi connectivity index (χ1) is 15.4. The second-order valence-corrected chi connectivity index (χ2v) is 7.94. The highest BCUT2D eigenvalue weighted by Crippen LogP contribution is 2.37. The van der Waals surface area contributed by atoms with E-state index in [0.717, 1.165) is 0 Å². The monoisotopic (exact) mass is 474 g/mol. The topological polar surface area (TPSA) is 76.7 Å². The fourth-order valence-corrected chi connectivity index (χ4v) is 3.76. The lowest BCUT2D eigenvalue weighted by atomic mass is 10.2. The fraction of sp³-hybridized carbons (Fsp3) is 0.130. The van der Waals surface area contributed by atoms with Gasteiger partial charge in [0, 0.05) is 22.6 Å². The zero-order chi connectivity index (χ0) is 23.1. The molecular weight excluding hydrogens is 455 g/mol. The van der Waals surface area contributed by atoms with Crippen LogP contribution in [0.5, 0.6) is 11.5 Å². The first-order valence-electron chi connectivity index (χ1n) is 9.41. The predicted octanol–water partition coefficient (Wildman–Crippen LogP) is 5.48. The molecule has 3 aromatic carbocycles. The maximum atomic E-state index is 13.3. The largest absolute Gasteiger partial charge is 0.494 e. The van der Waals surface area contributed by atoms with Gasteiger partial charge in [-0.2, -0.15) is 0 Å². The molecule has 0 aliphatic heterocycles. The van der Waals surface area contributed by atoms with Crippen molar-refractivity contribution in [2.45, 2.75) is 4.90 Å². The van der Waals surface area contributed by atoms with Crippen molar-refractivity contribution >= 4 is 46.6 Å². The van der Waals surface area contributed by atoms with Crippen LogP contribution >= 0.6 is 23.4 Å². The highest BCUT2D eigenvalue weighted by atomic mass is 35.5. The molecule has 166 valence electrons. The molecule has 0 saturated carbocycles. The van der Waals surface area contributed by atoms with Crippen molar-refractivity contribution in [1.82, 2.24) is 0 Å². The predicted molar refractivity (Wildman–Crippen MR) is 125 cm³/mol. The Hall–Kier alpha value is -3.23. The third-order valence-electron chi connectivity index (χ3n) is 4.34. The minimum atomic E-state index is -0.517. The van der Waals surface area contributed by atoms with E-state index in [2.05, 4.69) is 10.6 Å². The number of amides is 2. The van der Waals surface area contributed by atoms with Crippen molar-refractivity contribution in [1.29, 1.82) is 0 Å². The standard InChI is InChI=1S/C23H20ClFN2O4S/c1-30-20-12-19(27-23(29)14-6-4-3-5-7-14)21(31-2)11-18(20)26-22(28)13-32-15-8-9-17(25)16(24)10-15/h3-12H,13H2,1-2H3,(H,26,28)(H,27,29). The molecule has 9 heteroatoms. The molecule has 0 aliphatic carbocycles. The van der Waals surface area contributed by atoms with Crippen molar-refractivity contribution in [3.8, 4) is 11.5 Å². The number of hydrogen-bond donors (Lipinski definition) is 2. The molecule has 0 unspecified atom stereocenters. The molecule has 0 saturated heterocycles. The van der Waals surface area contributed by atoms with Crippen molar-refractivity contribution < 1.29 is 23.5 Å². The lowest BCUT2D eigenvalue weighted by molar-refractivity contribution is -0.113. The Balaban J connectivity index is 1.72. The van der Waals surface area contributed by atoms with Crippen LogP contribution in [-0.2, 0) is 4.79 Å². The number of thioether (sulfide) groups is 1. The molecule has 0 fully saturated rings. The summed E-state index contributed by atoms with van der Waals surface area (Å²) in [4.78, 5) is 25.6. The van der Waals surface area contributed by atoms with Crippen LogP contribution in [0, 0.1) is 5.82 Å². The summed E-state index contributed by atoms with van der Waals surface area (Å²) >= 11 is 6.98. The third-order valence-corrected chi connectivity index (χ3v) is 5.62. The molecule has 0 radical (unpaired) electrons. The number of ether oxygens (including phenoxy) is 2. The highest BCUT2D eigenvalue weighted by molar-refractivity contribution is 8.00. The van der Waals surface area contributed by atoms with Gasteiger partial charge in [-0.3, -0.25) is 9.59 Å². The van der Waals surface area contributed by atoms with Crippen LogP contribution in [-0.4, -0.2) is 31.8 Å². The Labute approximate surface area is 194 Å². The van der Waals surface area contributed by atoms with E-state index in [-0.39, 0.29) is 22.6 Å². The first kappa shape index (κ1) is 23.4. The van der Waals surface area contributed by atoms with E-state index in [9.17, 15) is 14.0 Å². The van der Waals surface area contributed by atoms with Gasteiger partial charge in [0.15, 0.2) is 0 Å². The van der Waals surface area contributed by atoms with Crippen LogP contribution in [0.25, 0.3) is 0 Å². The Morgan fingerprint density at radius 3 is 2.16 bits per heavy atom. The van der Waals surface area contributed by atoms with Gasteiger partial charge in [-0.25, -0.2) is 4.39 Å². The Morgan fingerprint density at radius 2 is 1.56 bits per heavy atom. The molecule has 0 heterocycles. The summed E-state index contributed by atoms with van der Waals surface area (Å²) in [6.07, 6.45) is 0. The average Bonchev–Trinajstić information content (AvgIpc) is 2.81. The van der Waals surface area contributed by atoms with Gasteiger partial charge in [-0.05, 0) is 30.3 Å². The maximum Gasteiger partial charge on any atom is 0.255 e. The fourth-order valence-electron chi connectivity index (χ4n) is 2.78. The number of nitrogens with one attached hydrogen (secondary N) is 2. The normalized spacial score (nSPS) is 10.4. The molecule has 2 N–H and O–H groups in total. The minimum absolute atomic E-state index is 0.00467. The van der Waals surface area contributed by atoms with E-state index in [0.29, 0.717) is 33.3 Å². The number of rotatable bonds is 8. The Kier molecular flexibility index (Phi) is 7.97. The zero-order valence-electron chi connectivity index (χ0n) is 17.3. The molecule has 2 amide bonds. The van der Waals surface area contributed by atoms with E-state index in [1.54, 1.807) is 42.5 Å². The van der Waals surface area contributed by atoms with E-state index in [4.69, 9.17) is 21.1 Å². The summed E-state index contributed by atoms with van der Waals surface area (Å²) in [6.45, 7) is 0. The van der Waals surface area contributed by atoms with Crippen molar-refractivity contribution in [2.75, 3.05) is 30.6 Å². The number of halogens is 2. The van der Waals surface area contributed by atoms with Gasteiger partial charge in [0.2, 0.25) is 5.91 Å². The molecule has 0 aliphatic rings. The van der Waals surface area contributed by atoms with Crippen molar-refractivity contribution in [3.63, 3.8) is 0 Å². The van der Waals surface area contributed by atoms with Crippen LogP contribution in [0.15, 0.2) is 65.6 Å². The summed E-state index contributed by atoms with van der Waals surface area (Å²) in [5.41, 5.74) is 1.26. The van der Waals surface area contributed by atoms with Crippen LogP contribution in [0.4, 0.5) is 15.8 Å². The summed E-state index contributed by atoms with van der Waals surface area (Å²) in [7, 11) is 2.91. The number of hydrogen-bond acceptors (Lipinski definition) is 5. The number of anilines is 2. The average molecular weight is 475 g/mol. The molecule has 32 heavy (non-hydrogen) atoms. The molecule has 0 atom stereocenters. The summed E-state index contributed by atoms with van der Waals surface area (Å²) in [6, 6.07) is 16.1. The quantitative estimate of drug-likeness (QED) is 0.423. The highest BCUT2D eigenvalue weighted by Gasteiger charge is 2.16. The summed E-state index contributed by atoms with van der Waals surface area (Å²) in [5.74, 6) is -0.369. The van der Waals surface area contributed by atoms with Crippen molar-refractivity contribution in [2.24, 2.45) is 0 Å². The lowest BCUT2D eigenvalue weighted by Gasteiger charge is -2.16. The maximum absolute atomic E-state index is 13.3. The second-order valence-electron chi connectivity index (χ2n) is 6.49. The third kappa shape index (κ3) is 5.93. The zero-order valence-corrected chi connectivity index (χ0v) is 18.9. The summed E-state index contributed by atoms with van der Waals surface area (Å²) < 4.78 is 24.0. The molecule has 0 aromatic heterocycles. The molecule has 3 aromatic rings. The van der Waals surface area contributed by atoms with Crippen LogP contribution in [0.2, 0.25) is 5.02 Å². The molecule has 0 spiro atoms. The second kappa shape index (κ2) is 10.9.